The SMILES string of the molecule is Cc1cn2cc(Cc3nc4cc(N)c(C(F)(F)F)cc4c(=O)[nH]3)nc2nc1C. The zero-order valence-electron chi connectivity index (χ0n) is 14.9. The molecule has 10 heteroatoms. The number of aryl methyl sites for hydroxylation is 2. The summed E-state index contributed by atoms with van der Waals surface area (Å²) in [6, 6.07) is 1.79. The molecule has 0 aliphatic rings. The zero-order valence-corrected chi connectivity index (χ0v) is 14.9. The fourth-order valence-corrected chi connectivity index (χ4v) is 2.99. The molecule has 0 unspecified atom stereocenters. The number of hydrogen-bond donors (Lipinski definition) is 2. The summed E-state index contributed by atoms with van der Waals surface area (Å²) in [4.78, 5) is 27.9. The molecule has 3 aromatic heterocycles. The van der Waals surface area contributed by atoms with Gasteiger partial charge in [-0.05, 0) is 31.5 Å². The molecular weight excluding hydrogens is 373 g/mol. The first-order valence-electron chi connectivity index (χ1n) is 8.33. The van der Waals surface area contributed by atoms with Crippen LogP contribution in [0, 0.1) is 13.8 Å². The third kappa shape index (κ3) is 3.06. The standard InChI is InChI=1S/C18H15F3N6O/c1-8-6-27-7-10(24-17(27)23-9(8)2)3-15-25-14-5-13(22)12(18(19,20)21)4-11(14)16(28)26-15/h4-7H,3,22H2,1-2H3,(H,25,26,28). The minimum absolute atomic E-state index is 0.0952. The lowest BCUT2D eigenvalue weighted by Gasteiger charge is -2.11. The first kappa shape index (κ1) is 18.0. The Morgan fingerprint density at radius 2 is 1.89 bits per heavy atom. The Hall–Kier alpha value is -3.43. The Morgan fingerprint density at radius 3 is 2.61 bits per heavy atom. The summed E-state index contributed by atoms with van der Waals surface area (Å²) in [6.45, 7) is 3.81. The zero-order chi connectivity index (χ0) is 20.2. The lowest BCUT2D eigenvalue weighted by atomic mass is 10.1. The van der Waals surface area contributed by atoms with Crippen LogP contribution in [0.4, 0.5) is 18.9 Å². The van der Waals surface area contributed by atoms with Crippen LogP contribution in [0.5, 0.6) is 0 Å². The Bertz CT molecular complexity index is 1250. The van der Waals surface area contributed by atoms with E-state index in [1.54, 1.807) is 10.6 Å². The van der Waals surface area contributed by atoms with Crippen molar-refractivity contribution in [2.45, 2.75) is 26.4 Å². The van der Waals surface area contributed by atoms with Gasteiger partial charge in [0, 0.05) is 30.2 Å². The maximum absolute atomic E-state index is 13.0. The van der Waals surface area contributed by atoms with Crippen molar-refractivity contribution >= 4 is 22.4 Å². The van der Waals surface area contributed by atoms with Gasteiger partial charge in [-0.25, -0.2) is 15.0 Å². The van der Waals surface area contributed by atoms with E-state index in [0.29, 0.717) is 11.5 Å². The number of nitrogens with two attached hydrogens (primary N) is 1. The molecule has 7 nitrogen and oxygen atoms in total. The maximum Gasteiger partial charge on any atom is 0.418 e. The van der Waals surface area contributed by atoms with Gasteiger partial charge in [0.05, 0.1) is 22.2 Å². The summed E-state index contributed by atoms with van der Waals surface area (Å²) in [5.74, 6) is 0.786. The van der Waals surface area contributed by atoms with Gasteiger partial charge in [0.15, 0.2) is 0 Å². The summed E-state index contributed by atoms with van der Waals surface area (Å²) >= 11 is 0. The molecule has 0 fully saturated rings. The Balaban J connectivity index is 1.77. The van der Waals surface area contributed by atoms with E-state index >= 15 is 0 Å². The molecule has 3 heterocycles. The summed E-state index contributed by atoms with van der Waals surface area (Å²) in [7, 11) is 0. The van der Waals surface area contributed by atoms with Gasteiger partial charge in [0.25, 0.3) is 5.56 Å². The van der Waals surface area contributed by atoms with Gasteiger partial charge in [-0.15, -0.1) is 0 Å². The van der Waals surface area contributed by atoms with Crippen molar-refractivity contribution in [1.29, 1.82) is 0 Å². The van der Waals surface area contributed by atoms with Crippen molar-refractivity contribution in [3.05, 3.63) is 63.2 Å². The number of anilines is 1. The van der Waals surface area contributed by atoms with E-state index in [0.717, 1.165) is 23.4 Å². The fourth-order valence-electron chi connectivity index (χ4n) is 2.99. The summed E-state index contributed by atoms with van der Waals surface area (Å²) in [5, 5.41) is -0.173. The molecule has 4 rings (SSSR count). The number of benzene rings is 1. The van der Waals surface area contributed by atoms with Crippen LogP contribution in [-0.2, 0) is 12.6 Å². The van der Waals surface area contributed by atoms with Crippen LogP contribution >= 0.6 is 0 Å². The molecule has 0 atom stereocenters. The van der Waals surface area contributed by atoms with Gasteiger partial charge in [-0.2, -0.15) is 13.2 Å². The van der Waals surface area contributed by atoms with Crippen molar-refractivity contribution in [1.82, 2.24) is 24.3 Å². The van der Waals surface area contributed by atoms with Crippen LogP contribution in [0.2, 0.25) is 0 Å². The number of aromatic amines is 1. The Morgan fingerprint density at radius 1 is 1.14 bits per heavy atom. The Kier molecular flexibility index (Phi) is 3.88. The highest BCUT2D eigenvalue weighted by molar-refractivity contribution is 5.83. The van der Waals surface area contributed by atoms with Gasteiger partial charge in [0.1, 0.15) is 5.82 Å². The maximum atomic E-state index is 13.0. The summed E-state index contributed by atoms with van der Waals surface area (Å²) in [5.41, 5.74) is 5.87. The largest absolute Gasteiger partial charge is 0.418 e. The molecule has 0 aliphatic carbocycles. The van der Waals surface area contributed by atoms with Crippen LogP contribution in [-0.4, -0.2) is 24.3 Å². The molecule has 0 spiro atoms. The Labute approximate surface area is 156 Å². The third-order valence-electron chi connectivity index (χ3n) is 4.51. The number of halogens is 3. The van der Waals surface area contributed by atoms with Crippen molar-refractivity contribution in [2.75, 3.05) is 5.73 Å². The predicted molar refractivity (Wildman–Crippen MR) is 97.0 cm³/mol. The number of imidazole rings is 1. The van der Waals surface area contributed by atoms with Crippen LogP contribution in [0.15, 0.2) is 29.3 Å². The van der Waals surface area contributed by atoms with Crippen LogP contribution in [0.25, 0.3) is 16.7 Å². The highest BCUT2D eigenvalue weighted by atomic mass is 19.4. The first-order chi connectivity index (χ1) is 13.1. The van der Waals surface area contributed by atoms with E-state index in [1.807, 2.05) is 20.0 Å². The lowest BCUT2D eigenvalue weighted by molar-refractivity contribution is -0.136. The van der Waals surface area contributed by atoms with Crippen LogP contribution < -0.4 is 11.3 Å². The average Bonchev–Trinajstić information content (AvgIpc) is 2.94. The predicted octanol–water partition coefficient (Wildman–Crippen LogP) is 2.77. The fraction of sp³-hybridized carbons (Fsp3) is 0.222. The molecule has 0 aliphatic heterocycles. The number of rotatable bonds is 2. The number of alkyl halides is 3. The lowest BCUT2D eigenvalue weighted by Crippen LogP contribution is -2.15. The minimum atomic E-state index is -4.65. The van der Waals surface area contributed by atoms with Crippen LogP contribution in [0.3, 0.4) is 0 Å². The molecular formula is C18H15F3N6O. The second-order valence-electron chi connectivity index (χ2n) is 6.59. The van der Waals surface area contributed by atoms with Crippen LogP contribution in [0.1, 0.15) is 28.3 Å². The van der Waals surface area contributed by atoms with E-state index in [-0.39, 0.29) is 23.1 Å². The average molecular weight is 388 g/mol. The molecule has 144 valence electrons. The molecule has 3 N–H and O–H groups in total. The summed E-state index contributed by atoms with van der Waals surface area (Å²) in [6.07, 6.45) is -0.805. The molecule has 0 radical (unpaired) electrons. The van der Waals surface area contributed by atoms with Gasteiger partial charge in [0.2, 0.25) is 5.78 Å². The monoisotopic (exact) mass is 388 g/mol. The number of fused-ring (bicyclic) bond motifs is 2. The highest BCUT2D eigenvalue weighted by Gasteiger charge is 2.33. The molecule has 0 amide bonds. The molecule has 4 aromatic rings. The number of nitrogens with one attached hydrogen (secondary N) is 1. The number of hydrogen-bond acceptors (Lipinski definition) is 5. The highest BCUT2D eigenvalue weighted by Crippen LogP contribution is 2.35. The van der Waals surface area contributed by atoms with Crippen molar-refractivity contribution < 1.29 is 13.2 Å². The number of nitrogen functional groups attached to an aromatic ring is 1. The summed E-state index contributed by atoms with van der Waals surface area (Å²) < 4.78 is 40.8. The quantitative estimate of drug-likeness (QED) is 0.514. The van der Waals surface area contributed by atoms with Gasteiger partial charge < -0.3 is 10.7 Å². The normalized spacial score (nSPS) is 12.2. The van der Waals surface area contributed by atoms with E-state index in [9.17, 15) is 18.0 Å². The van der Waals surface area contributed by atoms with E-state index in [2.05, 4.69) is 19.9 Å². The van der Waals surface area contributed by atoms with Crippen molar-refractivity contribution in [3.63, 3.8) is 0 Å². The molecule has 28 heavy (non-hydrogen) atoms. The smallest absolute Gasteiger partial charge is 0.398 e. The van der Waals surface area contributed by atoms with Gasteiger partial charge in [-0.3, -0.25) is 9.20 Å². The molecule has 0 saturated heterocycles. The third-order valence-corrected chi connectivity index (χ3v) is 4.51. The van der Waals surface area contributed by atoms with E-state index < -0.39 is 23.0 Å². The minimum Gasteiger partial charge on any atom is -0.398 e. The second kappa shape index (κ2) is 6.04. The van der Waals surface area contributed by atoms with E-state index in [1.165, 1.54) is 0 Å². The molecule has 1 aromatic carbocycles. The van der Waals surface area contributed by atoms with E-state index in [4.69, 9.17) is 5.73 Å². The topological polar surface area (TPSA) is 102 Å². The number of nitrogens with zero attached hydrogens (tertiary/aromatic N) is 4. The van der Waals surface area contributed by atoms with Crippen molar-refractivity contribution in [3.8, 4) is 0 Å². The molecule has 0 bridgehead atoms. The van der Waals surface area contributed by atoms with Crippen molar-refractivity contribution in [2.24, 2.45) is 0 Å². The second-order valence-corrected chi connectivity index (χ2v) is 6.59. The van der Waals surface area contributed by atoms with Gasteiger partial charge in [-0.1, -0.05) is 0 Å². The van der Waals surface area contributed by atoms with Gasteiger partial charge >= 0.3 is 6.18 Å². The number of aromatic nitrogens is 5. The molecule has 0 saturated carbocycles. The first-order valence-corrected chi connectivity index (χ1v) is 8.33. The number of H-pyrrole nitrogens is 1.